The summed E-state index contributed by atoms with van der Waals surface area (Å²) in [6.45, 7) is 4.50. The summed E-state index contributed by atoms with van der Waals surface area (Å²) in [5.74, 6) is -1.98. The summed E-state index contributed by atoms with van der Waals surface area (Å²) in [4.78, 5) is 18.5. The minimum absolute atomic E-state index is 0. The van der Waals surface area contributed by atoms with Crippen LogP contribution in [0, 0.1) is 7.43 Å². The maximum Gasteiger partial charge on any atom is 2.00 e. The molecule has 4 nitrogen and oxygen atoms in total. The summed E-state index contributed by atoms with van der Waals surface area (Å²) in [7, 11) is 0. The molecule has 0 aliphatic carbocycles. The molecule has 12 heavy (non-hydrogen) atoms. The molecule has 0 fully saturated rings. The largest absolute Gasteiger partial charge is 2.00 e. The van der Waals surface area contributed by atoms with Crippen molar-refractivity contribution >= 4 is 11.9 Å². The zero-order valence-electron chi connectivity index (χ0n) is 7.37. The molecule has 0 spiro atoms. The van der Waals surface area contributed by atoms with E-state index >= 15 is 0 Å². The maximum atomic E-state index is 9.37. The van der Waals surface area contributed by atoms with E-state index in [2.05, 4.69) is 6.58 Å². The first-order valence-electron chi connectivity index (χ1n) is 2.59. The van der Waals surface area contributed by atoms with E-state index in [0.717, 1.165) is 6.08 Å². The van der Waals surface area contributed by atoms with Gasteiger partial charge in [0.1, 0.15) is 0 Å². The van der Waals surface area contributed by atoms with Crippen molar-refractivity contribution in [2.75, 3.05) is 0 Å². The summed E-state index contributed by atoms with van der Waals surface area (Å²) in [6.07, 6.45) is 0.944. The number of rotatable bonds is 2. The third-order valence-corrected chi connectivity index (χ3v) is 0.469. The number of aliphatic carboxylic acids is 2. The Labute approximate surface area is 85.0 Å². The van der Waals surface area contributed by atoms with Crippen LogP contribution >= 0.6 is 0 Å². The van der Waals surface area contributed by atoms with Crippen LogP contribution in [0.1, 0.15) is 13.3 Å². The standard InChI is InChI=1S/C3H6O2.C3H4O2.CH3.Zn/c2*1-2-3(4)5;;/h2H2,1H3,(H,4,5);2H,1H2,(H,4,5);1H3;/q;;-1;+2/p-1. The van der Waals surface area contributed by atoms with Crippen molar-refractivity contribution in [2.45, 2.75) is 13.3 Å². The Morgan fingerprint density at radius 3 is 1.75 bits per heavy atom. The smallest absolute Gasteiger partial charge is 0.545 e. The van der Waals surface area contributed by atoms with Crippen molar-refractivity contribution in [2.24, 2.45) is 0 Å². The van der Waals surface area contributed by atoms with Crippen molar-refractivity contribution < 1.29 is 39.3 Å². The van der Waals surface area contributed by atoms with Gasteiger partial charge in [-0.2, -0.15) is 0 Å². The number of carboxylic acids is 2. The summed E-state index contributed by atoms with van der Waals surface area (Å²) in [5.41, 5.74) is 0. The number of hydrogen-bond donors (Lipinski definition) is 1. The first-order valence-corrected chi connectivity index (χ1v) is 2.59. The fraction of sp³-hybridized carbons (Fsp3) is 0.286. The van der Waals surface area contributed by atoms with Gasteiger partial charge in [-0.15, -0.1) is 0 Å². The summed E-state index contributed by atoms with van der Waals surface area (Å²) >= 11 is 0. The second kappa shape index (κ2) is 16.7. The fourth-order valence-corrected chi connectivity index (χ4v) is 0. The molecule has 0 heterocycles. The minimum Gasteiger partial charge on any atom is -0.545 e. The van der Waals surface area contributed by atoms with Gasteiger partial charge in [0.05, 0.1) is 5.97 Å². The molecule has 0 amide bonds. The zero-order chi connectivity index (χ0) is 8.57. The third-order valence-electron chi connectivity index (χ3n) is 0.469. The van der Waals surface area contributed by atoms with Crippen LogP contribution < -0.4 is 5.11 Å². The van der Waals surface area contributed by atoms with Gasteiger partial charge in [0.25, 0.3) is 0 Å². The molecular weight excluding hydrogens is 213 g/mol. The molecule has 0 rings (SSSR count). The Balaban J connectivity index is -0.0000000457. The maximum absolute atomic E-state index is 9.37. The van der Waals surface area contributed by atoms with E-state index in [9.17, 15) is 4.79 Å². The van der Waals surface area contributed by atoms with Crippen molar-refractivity contribution in [3.05, 3.63) is 20.1 Å². The molecule has 5 heteroatoms. The number of carbonyl (C=O) groups excluding carboxylic acids is 1. The molecule has 0 aromatic heterocycles. The SMILES string of the molecule is C=CC(=O)[O-].CCC(=O)O.[CH3-].[Zn+2]. The number of carboxylic acid groups (broad SMARTS) is 2. The summed E-state index contributed by atoms with van der Waals surface area (Å²) in [6, 6.07) is 0. The topological polar surface area (TPSA) is 77.4 Å². The molecule has 1 N–H and O–H groups in total. The quantitative estimate of drug-likeness (QED) is 0.403. The second-order valence-corrected chi connectivity index (χ2v) is 1.27. The molecule has 66 valence electrons. The number of carbonyl (C=O) groups is 2. The van der Waals surface area contributed by atoms with Crippen molar-refractivity contribution in [1.29, 1.82) is 0 Å². The molecule has 0 aromatic rings. The van der Waals surface area contributed by atoms with E-state index in [-0.39, 0.29) is 33.3 Å². The van der Waals surface area contributed by atoms with Crippen LogP contribution in [0.3, 0.4) is 0 Å². The zero-order valence-corrected chi connectivity index (χ0v) is 10.3. The normalized spacial score (nSPS) is 5.75. The van der Waals surface area contributed by atoms with E-state index in [0.29, 0.717) is 0 Å². The average molecular weight is 226 g/mol. The molecule has 0 atom stereocenters. The van der Waals surface area contributed by atoms with Crippen LogP contribution in [0.25, 0.3) is 0 Å². The molecule has 0 aliphatic heterocycles. The van der Waals surface area contributed by atoms with Crippen LogP contribution in [0.4, 0.5) is 0 Å². The van der Waals surface area contributed by atoms with Gasteiger partial charge in [0, 0.05) is 6.42 Å². The summed E-state index contributed by atoms with van der Waals surface area (Å²) in [5, 5.41) is 16.9. The van der Waals surface area contributed by atoms with Gasteiger partial charge < -0.3 is 22.4 Å². The Kier molecular flexibility index (Phi) is 31.3. The van der Waals surface area contributed by atoms with E-state index in [1.54, 1.807) is 6.92 Å². The van der Waals surface area contributed by atoms with Crippen LogP contribution in [0.5, 0.6) is 0 Å². The predicted molar refractivity (Wildman–Crippen MR) is 39.5 cm³/mol. The van der Waals surface area contributed by atoms with Gasteiger partial charge in [-0.3, -0.25) is 4.79 Å². The van der Waals surface area contributed by atoms with E-state index in [4.69, 9.17) is 15.0 Å². The monoisotopic (exact) mass is 224 g/mol. The van der Waals surface area contributed by atoms with Gasteiger partial charge >= 0.3 is 25.4 Å². The molecule has 0 aliphatic rings. The molecule has 0 saturated carbocycles. The molecule has 0 radical (unpaired) electrons. The van der Waals surface area contributed by atoms with Gasteiger partial charge in [-0.25, -0.2) is 0 Å². The van der Waals surface area contributed by atoms with Crippen LogP contribution in [0.15, 0.2) is 12.7 Å². The summed E-state index contributed by atoms with van der Waals surface area (Å²) < 4.78 is 0. The van der Waals surface area contributed by atoms with Gasteiger partial charge in [0.15, 0.2) is 0 Å². The minimum atomic E-state index is -1.23. The van der Waals surface area contributed by atoms with Crippen molar-refractivity contribution in [3.8, 4) is 0 Å². The van der Waals surface area contributed by atoms with E-state index in [1.807, 2.05) is 0 Å². The molecule has 0 unspecified atom stereocenters. The Hall–Kier alpha value is -0.697. The van der Waals surface area contributed by atoms with Gasteiger partial charge in [0.2, 0.25) is 0 Å². The molecule has 0 saturated heterocycles. The average Bonchev–Trinajstić information content (AvgIpc) is 1.89. The first-order chi connectivity index (χ1) is 4.54. The second-order valence-electron chi connectivity index (χ2n) is 1.27. The Morgan fingerprint density at radius 2 is 1.75 bits per heavy atom. The Morgan fingerprint density at radius 1 is 1.58 bits per heavy atom. The molecular formula is C7H12O4Zn. The van der Waals surface area contributed by atoms with Crippen molar-refractivity contribution in [3.63, 3.8) is 0 Å². The van der Waals surface area contributed by atoms with Crippen LogP contribution in [0.2, 0.25) is 0 Å². The van der Waals surface area contributed by atoms with Crippen LogP contribution in [-0.4, -0.2) is 17.0 Å². The van der Waals surface area contributed by atoms with Crippen LogP contribution in [-0.2, 0) is 29.1 Å². The third kappa shape index (κ3) is 58.8. The molecule has 0 aromatic carbocycles. The van der Waals surface area contributed by atoms with E-state index in [1.165, 1.54) is 0 Å². The predicted octanol–water partition coefficient (Wildman–Crippen LogP) is -0.149. The first kappa shape index (κ1) is 22.5. The van der Waals surface area contributed by atoms with Crippen molar-refractivity contribution in [1.82, 2.24) is 0 Å². The Bertz CT molecular complexity index is 133. The van der Waals surface area contributed by atoms with Gasteiger partial charge in [-0.1, -0.05) is 13.5 Å². The van der Waals surface area contributed by atoms with E-state index < -0.39 is 11.9 Å². The molecule has 0 bridgehead atoms. The number of hydrogen-bond acceptors (Lipinski definition) is 3. The fourth-order valence-electron chi connectivity index (χ4n) is 0. The van der Waals surface area contributed by atoms with Gasteiger partial charge in [-0.05, 0) is 6.08 Å².